The van der Waals surface area contributed by atoms with Crippen molar-refractivity contribution in [3.05, 3.63) is 53.8 Å². The average Bonchev–Trinajstić information content (AvgIpc) is 2.81. The molecule has 5 heteroatoms. The molecule has 0 saturated carbocycles. The predicted octanol–water partition coefficient (Wildman–Crippen LogP) is 4.48. The van der Waals surface area contributed by atoms with Crippen LogP contribution in [-0.2, 0) is 0 Å². The van der Waals surface area contributed by atoms with Gasteiger partial charge < -0.3 is 0 Å². The standard InChI is InChI=1S/C14H7ClFNOS/c15-13(18)8-5-6-11-12(7-8)19-14(17-11)9-3-1-2-4-10(9)16/h1-7H. The Balaban J connectivity index is 2.17. The zero-order chi connectivity index (χ0) is 13.4. The minimum Gasteiger partial charge on any atom is -0.276 e. The van der Waals surface area contributed by atoms with Gasteiger partial charge in [0.05, 0.1) is 10.2 Å². The monoisotopic (exact) mass is 291 g/mol. The number of thiazole rings is 1. The molecule has 0 fully saturated rings. The molecule has 0 atom stereocenters. The average molecular weight is 292 g/mol. The van der Waals surface area contributed by atoms with Crippen LogP contribution in [0.1, 0.15) is 10.4 Å². The molecule has 0 aliphatic heterocycles. The van der Waals surface area contributed by atoms with Crippen LogP contribution in [0.5, 0.6) is 0 Å². The molecular weight excluding hydrogens is 285 g/mol. The second-order valence-corrected chi connectivity index (χ2v) is 5.33. The lowest BCUT2D eigenvalue weighted by Crippen LogP contribution is -1.86. The van der Waals surface area contributed by atoms with Crippen molar-refractivity contribution in [1.29, 1.82) is 0 Å². The smallest absolute Gasteiger partial charge is 0.252 e. The Hall–Kier alpha value is -1.78. The first-order valence-electron chi connectivity index (χ1n) is 5.50. The molecule has 1 aromatic heterocycles. The summed E-state index contributed by atoms with van der Waals surface area (Å²) >= 11 is 6.77. The van der Waals surface area contributed by atoms with Crippen molar-refractivity contribution in [3.63, 3.8) is 0 Å². The van der Waals surface area contributed by atoms with Crippen LogP contribution in [0.4, 0.5) is 4.39 Å². The van der Waals surface area contributed by atoms with Gasteiger partial charge in [-0.1, -0.05) is 12.1 Å². The molecule has 2 aromatic carbocycles. The lowest BCUT2D eigenvalue weighted by Gasteiger charge is -1.96. The number of benzene rings is 2. The Bertz CT molecular complexity index is 784. The number of fused-ring (bicyclic) bond motifs is 1. The van der Waals surface area contributed by atoms with Gasteiger partial charge in [0.25, 0.3) is 5.24 Å². The summed E-state index contributed by atoms with van der Waals surface area (Å²) in [4.78, 5) is 15.5. The summed E-state index contributed by atoms with van der Waals surface area (Å²) in [6.07, 6.45) is 0. The second kappa shape index (κ2) is 4.72. The maximum atomic E-state index is 13.7. The van der Waals surface area contributed by atoms with E-state index in [2.05, 4.69) is 4.98 Å². The molecule has 94 valence electrons. The van der Waals surface area contributed by atoms with Crippen molar-refractivity contribution in [2.45, 2.75) is 0 Å². The Kier molecular flexibility index (Phi) is 3.05. The molecule has 0 amide bonds. The van der Waals surface area contributed by atoms with Crippen LogP contribution in [-0.4, -0.2) is 10.2 Å². The van der Waals surface area contributed by atoms with Crippen molar-refractivity contribution in [1.82, 2.24) is 4.98 Å². The molecule has 0 N–H and O–H groups in total. The van der Waals surface area contributed by atoms with E-state index in [0.29, 0.717) is 16.1 Å². The fourth-order valence-corrected chi connectivity index (χ4v) is 2.95. The Morgan fingerprint density at radius 1 is 1.21 bits per heavy atom. The SMILES string of the molecule is O=C(Cl)c1ccc2nc(-c3ccccc3F)sc2c1. The molecule has 0 aliphatic rings. The van der Waals surface area contributed by atoms with Crippen LogP contribution in [0.15, 0.2) is 42.5 Å². The quantitative estimate of drug-likeness (QED) is 0.652. The third-order valence-corrected chi connectivity index (χ3v) is 3.99. The number of carbonyl (C=O) groups is 1. The Labute approximate surface area is 117 Å². The zero-order valence-electron chi connectivity index (χ0n) is 9.56. The van der Waals surface area contributed by atoms with Gasteiger partial charge in [0.15, 0.2) is 0 Å². The van der Waals surface area contributed by atoms with Gasteiger partial charge >= 0.3 is 0 Å². The minimum absolute atomic E-state index is 0.310. The summed E-state index contributed by atoms with van der Waals surface area (Å²) in [7, 11) is 0. The predicted molar refractivity (Wildman–Crippen MR) is 75.2 cm³/mol. The zero-order valence-corrected chi connectivity index (χ0v) is 11.1. The van der Waals surface area contributed by atoms with E-state index in [1.165, 1.54) is 17.4 Å². The summed E-state index contributed by atoms with van der Waals surface area (Å²) in [5.41, 5.74) is 1.60. The van der Waals surface area contributed by atoms with E-state index in [1.807, 2.05) is 0 Å². The lowest BCUT2D eigenvalue weighted by molar-refractivity contribution is 0.108. The highest BCUT2D eigenvalue weighted by Gasteiger charge is 2.11. The van der Waals surface area contributed by atoms with Crippen molar-refractivity contribution < 1.29 is 9.18 Å². The second-order valence-electron chi connectivity index (χ2n) is 3.96. The fourth-order valence-electron chi connectivity index (χ4n) is 1.80. The van der Waals surface area contributed by atoms with Crippen LogP contribution >= 0.6 is 22.9 Å². The van der Waals surface area contributed by atoms with Crippen molar-refractivity contribution in [3.8, 4) is 10.6 Å². The van der Waals surface area contributed by atoms with Gasteiger partial charge in [-0.3, -0.25) is 4.79 Å². The van der Waals surface area contributed by atoms with Crippen LogP contribution in [0, 0.1) is 5.82 Å². The summed E-state index contributed by atoms with van der Waals surface area (Å²) in [6, 6.07) is 11.5. The fraction of sp³-hybridized carbons (Fsp3) is 0. The highest BCUT2D eigenvalue weighted by Crippen LogP contribution is 2.32. The number of carbonyl (C=O) groups excluding carboxylic acids is 1. The third kappa shape index (κ3) is 2.25. The maximum Gasteiger partial charge on any atom is 0.252 e. The van der Waals surface area contributed by atoms with E-state index in [9.17, 15) is 9.18 Å². The first-order chi connectivity index (χ1) is 9.15. The first kappa shape index (κ1) is 12.3. The molecule has 3 aromatic rings. The molecule has 19 heavy (non-hydrogen) atoms. The van der Waals surface area contributed by atoms with E-state index >= 15 is 0 Å². The van der Waals surface area contributed by atoms with Crippen molar-refractivity contribution in [2.24, 2.45) is 0 Å². The summed E-state index contributed by atoms with van der Waals surface area (Å²) in [6.45, 7) is 0. The van der Waals surface area contributed by atoms with E-state index < -0.39 is 5.24 Å². The van der Waals surface area contributed by atoms with Crippen molar-refractivity contribution >= 4 is 38.4 Å². The summed E-state index contributed by atoms with van der Waals surface area (Å²) in [5, 5.41) is 0.0787. The van der Waals surface area contributed by atoms with E-state index in [0.717, 1.165) is 10.2 Å². The number of nitrogens with zero attached hydrogens (tertiary/aromatic N) is 1. The van der Waals surface area contributed by atoms with Crippen LogP contribution in [0.25, 0.3) is 20.8 Å². The highest BCUT2D eigenvalue weighted by atomic mass is 35.5. The van der Waals surface area contributed by atoms with Crippen molar-refractivity contribution in [2.75, 3.05) is 0 Å². The van der Waals surface area contributed by atoms with Gasteiger partial charge in [-0.2, -0.15) is 0 Å². The largest absolute Gasteiger partial charge is 0.276 e. The van der Waals surface area contributed by atoms with Crippen LogP contribution in [0.3, 0.4) is 0 Å². The molecular formula is C14H7ClFNOS. The summed E-state index contributed by atoms with van der Waals surface area (Å²) in [5.74, 6) is -0.310. The van der Waals surface area contributed by atoms with E-state index in [1.54, 1.807) is 36.4 Å². The molecule has 2 nitrogen and oxygen atoms in total. The normalized spacial score (nSPS) is 10.8. The van der Waals surface area contributed by atoms with Crippen LogP contribution in [0.2, 0.25) is 0 Å². The molecule has 0 radical (unpaired) electrons. The van der Waals surface area contributed by atoms with Crippen LogP contribution < -0.4 is 0 Å². The number of halogens is 2. The minimum atomic E-state index is -0.511. The molecule has 3 rings (SSSR count). The molecule has 0 spiro atoms. The molecule has 0 saturated heterocycles. The Morgan fingerprint density at radius 3 is 2.74 bits per heavy atom. The van der Waals surface area contributed by atoms with Gasteiger partial charge in [-0.05, 0) is 41.9 Å². The molecule has 0 bridgehead atoms. The topological polar surface area (TPSA) is 30.0 Å². The number of hydrogen-bond acceptors (Lipinski definition) is 3. The number of hydrogen-bond donors (Lipinski definition) is 0. The number of rotatable bonds is 2. The Morgan fingerprint density at radius 2 is 2.00 bits per heavy atom. The van der Waals surface area contributed by atoms with Gasteiger partial charge in [0.2, 0.25) is 0 Å². The highest BCUT2D eigenvalue weighted by molar-refractivity contribution is 7.21. The first-order valence-corrected chi connectivity index (χ1v) is 6.70. The van der Waals surface area contributed by atoms with E-state index in [4.69, 9.17) is 11.6 Å². The maximum absolute atomic E-state index is 13.7. The van der Waals surface area contributed by atoms with Gasteiger partial charge in [-0.15, -0.1) is 11.3 Å². The van der Waals surface area contributed by atoms with Gasteiger partial charge in [0, 0.05) is 11.1 Å². The summed E-state index contributed by atoms with van der Waals surface area (Å²) < 4.78 is 14.5. The van der Waals surface area contributed by atoms with E-state index in [-0.39, 0.29) is 5.82 Å². The van der Waals surface area contributed by atoms with Gasteiger partial charge in [0.1, 0.15) is 10.8 Å². The molecule has 0 aliphatic carbocycles. The molecule has 1 heterocycles. The third-order valence-electron chi connectivity index (χ3n) is 2.72. The number of aromatic nitrogens is 1. The lowest BCUT2D eigenvalue weighted by atomic mass is 10.2. The van der Waals surface area contributed by atoms with Gasteiger partial charge in [-0.25, -0.2) is 9.37 Å². The molecule has 0 unspecified atom stereocenters.